The fourth-order valence-electron chi connectivity index (χ4n) is 3.22. The molecule has 2 saturated heterocycles. The quantitative estimate of drug-likeness (QED) is 0.771. The van der Waals surface area contributed by atoms with Gasteiger partial charge in [-0.05, 0) is 25.5 Å². The van der Waals surface area contributed by atoms with E-state index in [9.17, 15) is 8.42 Å². The Morgan fingerprint density at radius 1 is 1.44 bits per heavy atom. The first-order valence-electron chi connectivity index (χ1n) is 8.04. The van der Waals surface area contributed by atoms with Crippen LogP contribution in [0, 0.1) is 6.92 Å². The van der Waals surface area contributed by atoms with Gasteiger partial charge in [-0.25, -0.2) is 13.4 Å². The number of thiazole rings is 1. The minimum Gasteiger partial charge on any atom is -0.371 e. The van der Waals surface area contributed by atoms with Crippen LogP contribution in [0.15, 0.2) is 34.8 Å². The summed E-state index contributed by atoms with van der Waals surface area (Å²) in [4.78, 5) is 8.59. The Morgan fingerprint density at radius 3 is 2.96 bits per heavy atom. The average Bonchev–Trinajstić information content (AvgIpc) is 3.19. The number of sulfonamides is 1. The maximum atomic E-state index is 12.6. The molecule has 4 rings (SSSR count). The summed E-state index contributed by atoms with van der Waals surface area (Å²) in [5.74, 6) is 0.907. The van der Waals surface area contributed by atoms with Crippen molar-refractivity contribution < 1.29 is 13.2 Å². The third-order valence-electron chi connectivity index (χ3n) is 4.51. The minimum absolute atomic E-state index is 0.00205. The van der Waals surface area contributed by atoms with Crippen molar-refractivity contribution in [2.24, 2.45) is 0 Å². The molecule has 2 aromatic rings. The second-order valence-corrected chi connectivity index (χ2v) is 10.9. The predicted octanol–water partition coefficient (Wildman–Crippen LogP) is 2.31. The van der Waals surface area contributed by atoms with E-state index in [1.54, 1.807) is 34.0 Å². The van der Waals surface area contributed by atoms with Crippen molar-refractivity contribution in [3.63, 3.8) is 0 Å². The Kier molecular flexibility index (Phi) is 4.61. The number of hydrogen-bond acceptors (Lipinski definition) is 7. The molecule has 0 unspecified atom stereocenters. The van der Waals surface area contributed by atoms with Gasteiger partial charge in [0.15, 0.2) is 0 Å². The van der Waals surface area contributed by atoms with E-state index in [4.69, 9.17) is 4.74 Å². The molecule has 0 aliphatic carbocycles. The smallest absolute Gasteiger partial charge is 0.244 e. The van der Waals surface area contributed by atoms with Gasteiger partial charge < -0.3 is 4.74 Å². The van der Waals surface area contributed by atoms with E-state index in [0.29, 0.717) is 19.7 Å². The fraction of sp³-hybridized carbons (Fsp3) is 0.500. The Balaban J connectivity index is 1.33. The number of pyridine rings is 1. The van der Waals surface area contributed by atoms with E-state index in [1.165, 1.54) is 6.20 Å². The molecule has 1 spiro atoms. The third-order valence-corrected chi connectivity index (χ3v) is 8.68. The standard InChI is InChI=1S/C16H19N3O3S3/c1-12-18-13(8-23-12)7-22-14-5-16(24-9-14)10-19(11-16)25(20,21)15-3-2-4-17-6-15/h2-4,6,8,14H,5,7,9-11H2,1H3/t14-/m1/s1. The highest BCUT2D eigenvalue weighted by Gasteiger charge is 2.53. The molecule has 0 N–H and O–H groups in total. The van der Waals surface area contributed by atoms with Gasteiger partial charge >= 0.3 is 0 Å². The average molecular weight is 398 g/mol. The molecule has 2 aliphatic heterocycles. The van der Waals surface area contributed by atoms with Crippen molar-refractivity contribution in [1.82, 2.24) is 14.3 Å². The summed E-state index contributed by atoms with van der Waals surface area (Å²) < 4.78 is 32.7. The number of ether oxygens (including phenoxy) is 1. The van der Waals surface area contributed by atoms with Gasteiger partial charge in [-0.1, -0.05) is 0 Å². The van der Waals surface area contributed by atoms with E-state index < -0.39 is 10.0 Å². The van der Waals surface area contributed by atoms with E-state index in [0.717, 1.165) is 22.9 Å². The first kappa shape index (κ1) is 17.4. The van der Waals surface area contributed by atoms with Crippen molar-refractivity contribution in [3.05, 3.63) is 40.6 Å². The van der Waals surface area contributed by atoms with Crippen LogP contribution in [-0.2, 0) is 21.4 Å². The third kappa shape index (κ3) is 3.48. The van der Waals surface area contributed by atoms with Gasteiger partial charge in [0.1, 0.15) is 4.90 Å². The summed E-state index contributed by atoms with van der Waals surface area (Å²) in [5, 5.41) is 3.07. The Hall–Kier alpha value is -1.00. The zero-order valence-corrected chi connectivity index (χ0v) is 16.2. The maximum Gasteiger partial charge on any atom is 0.244 e. The number of hydrogen-bond donors (Lipinski definition) is 0. The van der Waals surface area contributed by atoms with E-state index in [2.05, 4.69) is 9.97 Å². The topological polar surface area (TPSA) is 72.4 Å². The lowest BCUT2D eigenvalue weighted by Crippen LogP contribution is -2.60. The van der Waals surface area contributed by atoms with Crippen LogP contribution in [0.5, 0.6) is 0 Å². The van der Waals surface area contributed by atoms with Crippen LogP contribution in [0.3, 0.4) is 0 Å². The van der Waals surface area contributed by atoms with Crippen LogP contribution >= 0.6 is 23.1 Å². The van der Waals surface area contributed by atoms with Crippen LogP contribution in [-0.4, -0.2) is 52.4 Å². The summed E-state index contributed by atoms with van der Waals surface area (Å²) in [5.41, 5.74) is 0.975. The second kappa shape index (κ2) is 6.62. The van der Waals surface area contributed by atoms with Crippen LogP contribution in [0.4, 0.5) is 0 Å². The maximum absolute atomic E-state index is 12.6. The second-order valence-electron chi connectivity index (χ2n) is 6.45. The van der Waals surface area contributed by atoms with Crippen molar-refractivity contribution in [1.29, 1.82) is 0 Å². The summed E-state index contributed by atoms with van der Waals surface area (Å²) in [6.07, 6.45) is 4.04. The summed E-state index contributed by atoms with van der Waals surface area (Å²) in [6, 6.07) is 3.24. The normalized spacial score (nSPS) is 23.0. The number of aromatic nitrogens is 2. The van der Waals surface area contributed by atoms with Gasteiger partial charge in [0.05, 0.1) is 23.4 Å². The molecule has 2 aliphatic rings. The molecule has 0 amide bonds. The molecule has 6 nitrogen and oxygen atoms in total. The largest absolute Gasteiger partial charge is 0.371 e. The van der Waals surface area contributed by atoms with Gasteiger partial charge in [-0.2, -0.15) is 4.31 Å². The lowest BCUT2D eigenvalue weighted by molar-refractivity contribution is 0.0382. The fourth-order valence-corrected chi connectivity index (χ4v) is 7.11. The van der Waals surface area contributed by atoms with Gasteiger partial charge in [0, 0.05) is 41.4 Å². The van der Waals surface area contributed by atoms with Gasteiger partial charge in [-0.15, -0.1) is 23.1 Å². The number of rotatable bonds is 5. The molecule has 134 valence electrons. The zero-order valence-electron chi connectivity index (χ0n) is 13.8. The summed E-state index contributed by atoms with van der Waals surface area (Å²) in [6.45, 7) is 3.61. The predicted molar refractivity (Wildman–Crippen MR) is 98.2 cm³/mol. The van der Waals surface area contributed by atoms with E-state index in [1.807, 2.05) is 24.1 Å². The monoisotopic (exact) mass is 397 g/mol. The van der Waals surface area contributed by atoms with Crippen LogP contribution in [0.25, 0.3) is 0 Å². The van der Waals surface area contributed by atoms with Gasteiger partial charge in [0.2, 0.25) is 10.0 Å². The highest BCUT2D eigenvalue weighted by Crippen LogP contribution is 2.47. The molecule has 9 heteroatoms. The molecule has 0 bridgehead atoms. The molecule has 25 heavy (non-hydrogen) atoms. The van der Waals surface area contributed by atoms with Crippen LogP contribution < -0.4 is 0 Å². The molecule has 0 radical (unpaired) electrons. The first-order chi connectivity index (χ1) is 12.0. The first-order valence-corrected chi connectivity index (χ1v) is 11.3. The Morgan fingerprint density at radius 2 is 2.28 bits per heavy atom. The highest BCUT2D eigenvalue weighted by molar-refractivity contribution is 8.01. The van der Waals surface area contributed by atoms with Crippen molar-refractivity contribution in [3.8, 4) is 0 Å². The molecule has 2 aromatic heterocycles. The SMILES string of the molecule is Cc1nc(CO[C@H]2CSC3(C2)CN(S(=O)(=O)c2cccnc2)C3)cs1. The van der Waals surface area contributed by atoms with Gasteiger partial charge in [0.25, 0.3) is 0 Å². The minimum atomic E-state index is -3.43. The molecule has 2 fully saturated rings. The number of thioether (sulfide) groups is 1. The molecule has 0 aromatic carbocycles. The Labute approximate surface area is 155 Å². The highest BCUT2D eigenvalue weighted by atomic mass is 32.2. The van der Waals surface area contributed by atoms with Gasteiger partial charge in [-0.3, -0.25) is 4.98 Å². The zero-order chi connectivity index (χ0) is 17.5. The number of nitrogens with zero attached hydrogens (tertiary/aromatic N) is 3. The van der Waals surface area contributed by atoms with E-state index >= 15 is 0 Å². The summed E-state index contributed by atoms with van der Waals surface area (Å²) in [7, 11) is -3.43. The molecular formula is C16H19N3O3S3. The van der Waals surface area contributed by atoms with E-state index in [-0.39, 0.29) is 15.7 Å². The molecule has 0 saturated carbocycles. The molecule has 1 atom stereocenters. The number of aryl methyl sites for hydroxylation is 1. The lowest BCUT2D eigenvalue weighted by Gasteiger charge is -2.46. The summed E-state index contributed by atoms with van der Waals surface area (Å²) >= 11 is 3.46. The van der Waals surface area contributed by atoms with Crippen LogP contribution in [0.1, 0.15) is 17.1 Å². The van der Waals surface area contributed by atoms with Crippen molar-refractivity contribution in [2.45, 2.75) is 35.7 Å². The van der Waals surface area contributed by atoms with Crippen LogP contribution in [0.2, 0.25) is 0 Å². The Bertz CT molecular complexity index is 848. The molecular weight excluding hydrogens is 378 g/mol. The lowest BCUT2D eigenvalue weighted by atomic mass is 9.95. The van der Waals surface area contributed by atoms with Crippen molar-refractivity contribution >= 4 is 33.1 Å². The van der Waals surface area contributed by atoms with Crippen molar-refractivity contribution in [2.75, 3.05) is 18.8 Å². The molecule has 4 heterocycles.